The molecule has 0 saturated carbocycles. The van der Waals surface area contributed by atoms with Crippen LogP contribution in [-0.2, 0) is 0 Å². The van der Waals surface area contributed by atoms with Crippen LogP contribution in [0.15, 0.2) is 48.5 Å². The van der Waals surface area contributed by atoms with E-state index in [1.807, 2.05) is 30.3 Å². The third kappa shape index (κ3) is 2.64. The van der Waals surface area contributed by atoms with Gasteiger partial charge >= 0.3 is 0 Å². The lowest BCUT2D eigenvalue weighted by Gasteiger charge is -2.09. The molecule has 0 saturated heterocycles. The molecule has 0 radical (unpaired) electrons. The Bertz CT molecular complexity index is 787. The van der Waals surface area contributed by atoms with Gasteiger partial charge in [0.2, 0.25) is 0 Å². The van der Waals surface area contributed by atoms with Gasteiger partial charge in [0, 0.05) is 16.1 Å². The van der Waals surface area contributed by atoms with Crippen LogP contribution in [0.4, 0.5) is 17.2 Å². The number of benzene rings is 2. The van der Waals surface area contributed by atoms with E-state index < -0.39 is 0 Å². The molecule has 2 aromatic carbocycles. The first-order valence-electron chi connectivity index (χ1n) is 6.00. The summed E-state index contributed by atoms with van der Waals surface area (Å²) < 4.78 is 0. The lowest BCUT2D eigenvalue weighted by molar-refractivity contribution is 1.37. The molecule has 3 rings (SSSR count). The number of anilines is 3. The van der Waals surface area contributed by atoms with Gasteiger partial charge in [-0.1, -0.05) is 23.2 Å². The first-order chi connectivity index (χ1) is 9.61. The second-order valence-corrected chi connectivity index (χ2v) is 5.24. The summed E-state index contributed by atoms with van der Waals surface area (Å²) in [7, 11) is 0. The zero-order valence-electron chi connectivity index (χ0n) is 10.4. The predicted octanol–water partition coefficient (Wildman–Crippen LogP) is 4.87. The summed E-state index contributed by atoms with van der Waals surface area (Å²) in [5.41, 5.74) is 8.05. The standard InChI is InChI=1S/C15H11Cl2N3/c16-10-2-4-12(17)14(8-10)20-15-6-1-9-7-11(18)3-5-13(9)19-15/h1-8H,18H2,(H,19,20). The van der Waals surface area contributed by atoms with Gasteiger partial charge in [0.1, 0.15) is 5.82 Å². The van der Waals surface area contributed by atoms with Gasteiger partial charge in [0.15, 0.2) is 0 Å². The number of nitrogens with one attached hydrogen (secondary N) is 1. The lowest BCUT2D eigenvalue weighted by atomic mass is 10.2. The van der Waals surface area contributed by atoms with E-state index in [1.54, 1.807) is 18.2 Å². The molecule has 0 aliphatic carbocycles. The predicted molar refractivity (Wildman–Crippen MR) is 85.9 cm³/mol. The fraction of sp³-hybridized carbons (Fsp3) is 0. The largest absolute Gasteiger partial charge is 0.399 e. The zero-order chi connectivity index (χ0) is 14.1. The third-order valence-corrected chi connectivity index (χ3v) is 3.47. The van der Waals surface area contributed by atoms with Crippen molar-refractivity contribution in [3.8, 4) is 0 Å². The number of fused-ring (bicyclic) bond motifs is 1. The van der Waals surface area contributed by atoms with Crippen LogP contribution in [0.3, 0.4) is 0 Å². The molecule has 3 nitrogen and oxygen atoms in total. The van der Waals surface area contributed by atoms with Crippen LogP contribution in [0, 0.1) is 0 Å². The zero-order valence-corrected chi connectivity index (χ0v) is 11.9. The lowest BCUT2D eigenvalue weighted by Crippen LogP contribution is -1.95. The smallest absolute Gasteiger partial charge is 0.131 e. The Morgan fingerprint density at radius 2 is 1.80 bits per heavy atom. The van der Waals surface area contributed by atoms with Crippen molar-refractivity contribution in [1.82, 2.24) is 4.98 Å². The molecule has 100 valence electrons. The van der Waals surface area contributed by atoms with Crippen molar-refractivity contribution >= 4 is 51.3 Å². The second kappa shape index (κ2) is 5.19. The Balaban J connectivity index is 1.98. The maximum atomic E-state index is 6.12. The van der Waals surface area contributed by atoms with E-state index >= 15 is 0 Å². The summed E-state index contributed by atoms with van der Waals surface area (Å²) in [6, 6.07) is 14.7. The highest BCUT2D eigenvalue weighted by Gasteiger charge is 2.04. The quantitative estimate of drug-likeness (QED) is 0.664. The minimum Gasteiger partial charge on any atom is -0.399 e. The van der Waals surface area contributed by atoms with E-state index in [0.29, 0.717) is 15.9 Å². The van der Waals surface area contributed by atoms with E-state index in [2.05, 4.69) is 10.3 Å². The molecular formula is C15H11Cl2N3. The molecule has 1 heterocycles. The number of pyridine rings is 1. The molecule has 3 aromatic rings. The minimum atomic E-state index is 0.591. The fourth-order valence-corrected chi connectivity index (χ4v) is 2.28. The van der Waals surface area contributed by atoms with Crippen molar-refractivity contribution < 1.29 is 0 Å². The van der Waals surface area contributed by atoms with Crippen LogP contribution < -0.4 is 11.1 Å². The summed E-state index contributed by atoms with van der Waals surface area (Å²) in [6.07, 6.45) is 0. The monoisotopic (exact) mass is 303 g/mol. The number of nitrogen functional groups attached to an aromatic ring is 1. The Kier molecular flexibility index (Phi) is 3.38. The molecule has 0 spiro atoms. The maximum absolute atomic E-state index is 6.12. The molecule has 3 N–H and O–H groups in total. The molecule has 0 aliphatic rings. The number of hydrogen-bond donors (Lipinski definition) is 2. The van der Waals surface area contributed by atoms with Gasteiger partial charge in [0.25, 0.3) is 0 Å². The Hall–Kier alpha value is -1.97. The number of halogens is 2. The molecule has 1 aromatic heterocycles. The van der Waals surface area contributed by atoms with Gasteiger partial charge in [-0.15, -0.1) is 0 Å². The van der Waals surface area contributed by atoms with Gasteiger partial charge < -0.3 is 11.1 Å². The molecule has 0 atom stereocenters. The van der Waals surface area contributed by atoms with Crippen molar-refractivity contribution in [1.29, 1.82) is 0 Å². The van der Waals surface area contributed by atoms with Crippen molar-refractivity contribution in [2.75, 3.05) is 11.1 Å². The van der Waals surface area contributed by atoms with Gasteiger partial charge in [-0.3, -0.25) is 0 Å². The number of aromatic nitrogens is 1. The number of nitrogens with two attached hydrogens (primary N) is 1. The molecule has 0 unspecified atom stereocenters. The maximum Gasteiger partial charge on any atom is 0.131 e. The Labute approximate surface area is 126 Å². The number of hydrogen-bond acceptors (Lipinski definition) is 3. The van der Waals surface area contributed by atoms with Crippen LogP contribution in [0.25, 0.3) is 10.9 Å². The topological polar surface area (TPSA) is 50.9 Å². The highest BCUT2D eigenvalue weighted by atomic mass is 35.5. The molecular weight excluding hydrogens is 293 g/mol. The van der Waals surface area contributed by atoms with Crippen LogP contribution in [-0.4, -0.2) is 4.98 Å². The van der Waals surface area contributed by atoms with E-state index in [4.69, 9.17) is 28.9 Å². The van der Waals surface area contributed by atoms with Crippen molar-refractivity contribution in [2.45, 2.75) is 0 Å². The molecule has 5 heteroatoms. The van der Waals surface area contributed by atoms with E-state index in [0.717, 1.165) is 22.3 Å². The Morgan fingerprint density at radius 1 is 0.950 bits per heavy atom. The molecule has 0 fully saturated rings. The van der Waals surface area contributed by atoms with E-state index in [1.165, 1.54) is 0 Å². The fourth-order valence-electron chi connectivity index (χ4n) is 1.94. The Morgan fingerprint density at radius 3 is 2.65 bits per heavy atom. The molecule has 20 heavy (non-hydrogen) atoms. The van der Waals surface area contributed by atoms with E-state index in [9.17, 15) is 0 Å². The summed E-state index contributed by atoms with van der Waals surface area (Å²) >= 11 is 12.1. The molecule has 0 amide bonds. The van der Waals surface area contributed by atoms with Gasteiger partial charge in [-0.05, 0) is 48.5 Å². The summed E-state index contributed by atoms with van der Waals surface area (Å²) in [4.78, 5) is 4.51. The van der Waals surface area contributed by atoms with E-state index in [-0.39, 0.29) is 0 Å². The molecule has 0 aliphatic heterocycles. The average molecular weight is 304 g/mol. The normalized spacial score (nSPS) is 10.7. The SMILES string of the molecule is Nc1ccc2nc(Nc3cc(Cl)ccc3Cl)ccc2c1. The second-order valence-electron chi connectivity index (χ2n) is 4.40. The first kappa shape index (κ1) is 13.0. The summed E-state index contributed by atoms with van der Waals surface area (Å²) in [5.74, 6) is 0.700. The van der Waals surface area contributed by atoms with Crippen molar-refractivity contribution in [2.24, 2.45) is 0 Å². The highest BCUT2D eigenvalue weighted by molar-refractivity contribution is 6.35. The van der Waals surface area contributed by atoms with Crippen LogP contribution >= 0.6 is 23.2 Å². The number of nitrogens with zero attached hydrogens (tertiary/aromatic N) is 1. The van der Waals surface area contributed by atoms with Crippen LogP contribution in [0.2, 0.25) is 10.0 Å². The summed E-state index contributed by atoms with van der Waals surface area (Å²) in [6.45, 7) is 0. The first-order valence-corrected chi connectivity index (χ1v) is 6.76. The van der Waals surface area contributed by atoms with Gasteiger partial charge in [-0.25, -0.2) is 4.98 Å². The third-order valence-electron chi connectivity index (χ3n) is 2.90. The summed E-state index contributed by atoms with van der Waals surface area (Å²) in [5, 5.41) is 5.36. The average Bonchev–Trinajstić information content (AvgIpc) is 2.43. The minimum absolute atomic E-state index is 0.591. The highest BCUT2D eigenvalue weighted by Crippen LogP contribution is 2.28. The van der Waals surface area contributed by atoms with Crippen LogP contribution in [0.1, 0.15) is 0 Å². The van der Waals surface area contributed by atoms with Crippen molar-refractivity contribution in [3.05, 3.63) is 58.6 Å². The van der Waals surface area contributed by atoms with Gasteiger partial charge in [-0.2, -0.15) is 0 Å². The van der Waals surface area contributed by atoms with Crippen molar-refractivity contribution in [3.63, 3.8) is 0 Å². The molecule has 0 bridgehead atoms. The number of rotatable bonds is 2. The van der Waals surface area contributed by atoms with Crippen LogP contribution in [0.5, 0.6) is 0 Å². The van der Waals surface area contributed by atoms with Gasteiger partial charge in [0.05, 0.1) is 16.2 Å².